The first-order valence-corrected chi connectivity index (χ1v) is 9.76. The van der Waals surface area contributed by atoms with Gasteiger partial charge in [-0.25, -0.2) is 18.3 Å². The van der Waals surface area contributed by atoms with Crippen LogP contribution in [0.15, 0.2) is 42.7 Å². The summed E-state index contributed by atoms with van der Waals surface area (Å²) in [5, 5.41) is 7.40. The summed E-state index contributed by atoms with van der Waals surface area (Å²) < 4.78 is 33.0. The van der Waals surface area contributed by atoms with Crippen LogP contribution in [0, 0.1) is 18.6 Å². The molecule has 1 saturated heterocycles. The van der Waals surface area contributed by atoms with Crippen molar-refractivity contribution in [2.75, 3.05) is 43.5 Å². The molecule has 8 nitrogen and oxygen atoms in total. The molecule has 4 rings (SSSR count). The fourth-order valence-electron chi connectivity index (χ4n) is 3.54. The first kappa shape index (κ1) is 20.6. The van der Waals surface area contributed by atoms with Crippen molar-refractivity contribution in [1.29, 1.82) is 0 Å². The number of carbonyl (C=O) groups is 1. The van der Waals surface area contributed by atoms with Crippen LogP contribution in [0.1, 0.15) is 5.56 Å². The largest absolute Gasteiger partial charge is 0.453 e. The van der Waals surface area contributed by atoms with E-state index in [1.807, 2.05) is 19.1 Å². The maximum atomic E-state index is 13.5. The van der Waals surface area contributed by atoms with Crippen LogP contribution >= 0.6 is 0 Å². The van der Waals surface area contributed by atoms with Gasteiger partial charge in [0.25, 0.3) is 0 Å². The molecule has 1 amide bonds. The second kappa shape index (κ2) is 8.58. The number of halogens is 2. The van der Waals surface area contributed by atoms with Gasteiger partial charge >= 0.3 is 6.09 Å². The summed E-state index contributed by atoms with van der Waals surface area (Å²) in [6.45, 7) is 4.53. The average Bonchev–Trinajstić information content (AvgIpc) is 3.20. The Morgan fingerprint density at radius 2 is 1.71 bits per heavy atom. The van der Waals surface area contributed by atoms with Crippen LogP contribution in [-0.4, -0.2) is 59.0 Å². The van der Waals surface area contributed by atoms with Gasteiger partial charge in [0.15, 0.2) is 0 Å². The van der Waals surface area contributed by atoms with E-state index < -0.39 is 11.6 Å². The Balaban J connectivity index is 1.48. The number of benzene rings is 2. The molecule has 2 aromatic carbocycles. The zero-order chi connectivity index (χ0) is 22.0. The van der Waals surface area contributed by atoms with Crippen molar-refractivity contribution < 1.29 is 18.3 Å². The van der Waals surface area contributed by atoms with E-state index in [-0.39, 0.29) is 11.8 Å². The number of nitrogens with one attached hydrogen (secondary N) is 1. The first-order chi connectivity index (χ1) is 14.9. The van der Waals surface area contributed by atoms with E-state index in [2.05, 4.69) is 26.4 Å². The van der Waals surface area contributed by atoms with Crippen LogP contribution < -0.4 is 10.2 Å². The van der Waals surface area contributed by atoms with Gasteiger partial charge in [-0.15, -0.1) is 5.10 Å². The van der Waals surface area contributed by atoms with Crippen LogP contribution in [0.5, 0.6) is 0 Å². The smallest absolute Gasteiger partial charge is 0.409 e. The second-order valence-electron chi connectivity index (χ2n) is 7.27. The van der Waals surface area contributed by atoms with E-state index >= 15 is 0 Å². The molecule has 10 heteroatoms. The highest BCUT2D eigenvalue weighted by Crippen LogP contribution is 2.25. The number of carbonyl (C=O) groups excluding carboxylic acids is 1. The summed E-state index contributed by atoms with van der Waals surface area (Å²) in [7, 11) is 1.38. The quantitative estimate of drug-likeness (QED) is 0.686. The number of amides is 1. The lowest BCUT2D eigenvalue weighted by molar-refractivity contribution is 0.121. The molecule has 1 aliphatic rings. The number of hydrogen-bond donors (Lipinski definition) is 1. The number of aryl methyl sites for hydroxylation is 1. The normalized spacial score (nSPS) is 13.9. The number of hydrogen-bond acceptors (Lipinski definition) is 6. The molecule has 0 bridgehead atoms. The lowest BCUT2D eigenvalue weighted by Crippen LogP contribution is -2.48. The molecule has 31 heavy (non-hydrogen) atoms. The predicted molar refractivity (Wildman–Crippen MR) is 112 cm³/mol. The van der Waals surface area contributed by atoms with Gasteiger partial charge in [-0.3, -0.25) is 0 Å². The molecule has 1 aliphatic heterocycles. The van der Waals surface area contributed by atoms with Crippen molar-refractivity contribution in [3.8, 4) is 5.69 Å². The van der Waals surface area contributed by atoms with Crippen LogP contribution in [0.3, 0.4) is 0 Å². The topological polar surface area (TPSA) is 75.5 Å². The van der Waals surface area contributed by atoms with Gasteiger partial charge < -0.3 is 19.9 Å². The maximum Gasteiger partial charge on any atom is 0.409 e. The van der Waals surface area contributed by atoms with Gasteiger partial charge in [-0.05, 0) is 42.8 Å². The number of piperazine rings is 1. The molecule has 3 aromatic rings. The summed E-state index contributed by atoms with van der Waals surface area (Å²) in [5.74, 6) is -1.07. The highest BCUT2D eigenvalue weighted by atomic mass is 19.1. The first-order valence-electron chi connectivity index (χ1n) is 9.76. The molecule has 1 aromatic heterocycles. The molecule has 0 atom stereocenters. The van der Waals surface area contributed by atoms with E-state index in [9.17, 15) is 13.6 Å². The summed E-state index contributed by atoms with van der Waals surface area (Å²) in [6.07, 6.45) is 1.07. The molecule has 0 aliphatic carbocycles. The zero-order valence-corrected chi connectivity index (χ0v) is 17.2. The molecular weight excluding hydrogens is 406 g/mol. The lowest BCUT2D eigenvalue weighted by Gasteiger charge is -2.35. The number of aromatic nitrogens is 3. The van der Waals surface area contributed by atoms with E-state index in [4.69, 9.17) is 4.74 Å². The molecular formula is C21H22F2N6O2. The third kappa shape index (κ3) is 4.73. The summed E-state index contributed by atoms with van der Waals surface area (Å²) in [4.78, 5) is 19.7. The number of nitrogens with zero attached hydrogens (tertiary/aromatic N) is 5. The Morgan fingerprint density at radius 3 is 2.39 bits per heavy atom. The van der Waals surface area contributed by atoms with E-state index in [1.54, 1.807) is 4.90 Å². The van der Waals surface area contributed by atoms with Crippen molar-refractivity contribution in [2.45, 2.75) is 6.92 Å². The maximum absolute atomic E-state index is 13.5. The van der Waals surface area contributed by atoms with Crippen molar-refractivity contribution in [1.82, 2.24) is 19.7 Å². The van der Waals surface area contributed by atoms with Gasteiger partial charge in [-0.1, -0.05) is 0 Å². The van der Waals surface area contributed by atoms with Crippen LogP contribution in [0.2, 0.25) is 0 Å². The van der Waals surface area contributed by atoms with E-state index in [0.29, 0.717) is 32.1 Å². The summed E-state index contributed by atoms with van der Waals surface area (Å²) in [6, 6.07) is 9.17. The zero-order valence-electron chi connectivity index (χ0n) is 17.2. The minimum Gasteiger partial charge on any atom is -0.453 e. The van der Waals surface area contributed by atoms with E-state index in [1.165, 1.54) is 30.3 Å². The lowest BCUT2D eigenvalue weighted by atomic mass is 10.1. The Kier molecular flexibility index (Phi) is 5.70. The Labute approximate surface area is 178 Å². The Morgan fingerprint density at radius 1 is 1.00 bits per heavy atom. The van der Waals surface area contributed by atoms with Gasteiger partial charge in [0.2, 0.25) is 5.95 Å². The highest BCUT2D eigenvalue weighted by molar-refractivity contribution is 5.68. The van der Waals surface area contributed by atoms with Crippen molar-refractivity contribution in [3.05, 3.63) is 59.9 Å². The minimum atomic E-state index is -0.685. The van der Waals surface area contributed by atoms with Crippen LogP contribution in [0.4, 0.5) is 30.9 Å². The average molecular weight is 428 g/mol. The fourth-order valence-corrected chi connectivity index (χ4v) is 3.54. The molecule has 0 spiro atoms. The molecule has 0 unspecified atom stereocenters. The molecule has 1 fully saturated rings. The van der Waals surface area contributed by atoms with Crippen LogP contribution in [-0.2, 0) is 4.74 Å². The molecule has 1 N–H and O–H groups in total. The second-order valence-corrected chi connectivity index (χ2v) is 7.27. The van der Waals surface area contributed by atoms with Crippen LogP contribution in [0.25, 0.3) is 5.69 Å². The van der Waals surface area contributed by atoms with Gasteiger partial charge in [0, 0.05) is 43.6 Å². The van der Waals surface area contributed by atoms with Gasteiger partial charge in [0.05, 0.1) is 12.8 Å². The third-order valence-electron chi connectivity index (χ3n) is 5.00. The number of anilines is 3. The highest BCUT2D eigenvalue weighted by Gasteiger charge is 2.22. The molecule has 0 radical (unpaired) electrons. The van der Waals surface area contributed by atoms with Crippen molar-refractivity contribution in [3.63, 3.8) is 0 Å². The summed E-state index contributed by atoms with van der Waals surface area (Å²) in [5.41, 5.74) is 3.08. The number of ether oxygens (including phenoxy) is 1. The summed E-state index contributed by atoms with van der Waals surface area (Å²) >= 11 is 0. The van der Waals surface area contributed by atoms with Crippen molar-refractivity contribution in [2.24, 2.45) is 0 Å². The minimum absolute atomic E-state index is 0.242. The number of methoxy groups -OCH3 is 1. The SMILES string of the molecule is COC(=O)N1CCN(c2cc(C)cc(Nc3ncn(-c4cc(F)cc(F)c4)n3)c2)CC1. The Bertz CT molecular complexity index is 1070. The van der Waals surface area contributed by atoms with Gasteiger partial charge in [-0.2, -0.15) is 4.98 Å². The standard InChI is InChI=1S/C21H22F2N6O2/c1-14-7-17(12-18(8-14)27-3-5-28(6-4-27)21(30)31-2)25-20-24-13-29(26-20)19-10-15(22)9-16(23)11-19/h7-13H,3-6H2,1-2H3,(H,25,26). The van der Waals surface area contributed by atoms with Crippen molar-refractivity contribution >= 4 is 23.4 Å². The fraction of sp³-hybridized carbons (Fsp3) is 0.286. The third-order valence-corrected chi connectivity index (χ3v) is 5.00. The molecule has 2 heterocycles. The number of rotatable bonds is 4. The molecule has 162 valence electrons. The van der Waals surface area contributed by atoms with E-state index in [0.717, 1.165) is 23.0 Å². The molecule has 0 saturated carbocycles. The Hall–Kier alpha value is -3.69. The monoisotopic (exact) mass is 428 g/mol. The van der Waals surface area contributed by atoms with Gasteiger partial charge in [0.1, 0.15) is 18.0 Å². The predicted octanol–water partition coefficient (Wildman–Crippen LogP) is 3.49.